The lowest BCUT2D eigenvalue weighted by atomic mass is 10.3. The molecule has 3 aromatic rings. The van der Waals surface area contributed by atoms with Crippen LogP contribution in [-0.2, 0) is 11.3 Å². The number of hydrogen-bond acceptors (Lipinski definition) is 5. The Morgan fingerprint density at radius 1 is 1.17 bits per heavy atom. The minimum absolute atomic E-state index is 0.0306. The molecule has 9 nitrogen and oxygen atoms in total. The highest BCUT2D eigenvalue weighted by molar-refractivity contribution is 6.30. The number of nitrogens with zero attached hydrogens (tertiary/aromatic N) is 4. The molecule has 0 aliphatic heterocycles. The number of amides is 1. The second-order valence-electron chi connectivity index (χ2n) is 7.76. The number of nitrogens with one attached hydrogen (secondary N) is 1. The highest BCUT2D eigenvalue weighted by atomic mass is 35.5. The van der Waals surface area contributed by atoms with Gasteiger partial charge in [-0.15, -0.1) is 0 Å². The second-order valence-corrected chi connectivity index (χ2v) is 8.20. The third kappa shape index (κ3) is 3.28. The fourth-order valence-corrected chi connectivity index (χ4v) is 3.66. The standard InChI is InChI=1S/C20H20ClN5O4/c1-24(12-4-2-11(21)3-5-12)20(29)30-10-15-22-16-17(23-15)25(13-6-7-13)19(28)26(18(16)27)14-8-9-14/h2-5,13-14H,6-10H2,1H3,(H,22,23). The predicted octanol–water partition coefficient (Wildman–Crippen LogP) is 2.98. The van der Waals surface area contributed by atoms with Gasteiger partial charge in [0.25, 0.3) is 5.56 Å². The number of ether oxygens (including phenoxy) is 1. The Morgan fingerprint density at radius 2 is 1.80 bits per heavy atom. The van der Waals surface area contributed by atoms with E-state index >= 15 is 0 Å². The van der Waals surface area contributed by atoms with Crippen LogP contribution in [0.15, 0.2) is 33.9 Å². The van der Waals surface area contributed by atoms with Crippen molar-refractivity contribution in [3.8, 4) is 0 Å². The van der Waals surface area contributed by atoms with Crippen LogP contribution in [0.25, 0.3) is 11.2 Å². The van der Waals surface area contributed by atoms with Gasteiger partial charge in [0.1, 0.15) is 11.3 Å². The summed E-state index contributed by atoms with van der Waals surface area (Å²) in [4.78, 5) is 46.8. The normalized spacial score (nSPS) is 16.1. The first-order chi connectivity index (χ1) is 14.4. The SMILES string of the molecule is CN(C(=O)OCc1nc2c([nH]1)c(=O)n(C1CC1)c(=O)n2C1CC1)c1ccc(Cl)cc1. The number of H-pyrrole nitrogens is 1. The van der Waals surface area contributed by atoms with Crippen LogP contribution >= 0.6 is 11.6 Å². The highest BCUT2D eigenvalue weighted by Gasteiger charge is 2.34. The summed E-state index contributed by atoms with van der Waals surface area (Å²) in [5.74, 6) is 0.322. The Morgan fingerprint density at radius 3 is 2.43 bits per heavy atom. The number of carbonyl (C=O) groups is 1. The zero-order valence-electron chi connectivity index (χ0n) is 16.3. The molecule has 5 rings (SSSR count). The molecule has 1 aromatic carbocycles. The molecule has 2 fully saturated rings. The van der Waals surface area contributed by atoms with Crippen LogP contribution in [-0.4, -0.2) is 32.2 Å². The number of aromatic amines is 1. The van der Waals surface area contributed by atoms with Crippen LogP contribution in [0.3, 0.4) is 0 Å². The number of aromatic nitrogens is 4. The van der Waals surface area contributed by atoms with Crippen LogP contribution in [0, 0.1) is 0 Å². The molecule has 0 unspecified atom stereocenters. The third-order valence-electron chi connectivity index (χ3n) is 5.45. The van der Waals surface area contributed by atoms with Gasteiger partial charge in [0.2, 0.25) is 0 Å². The van der Waals surface area contributed by atoms with Crippen molar-refractivity contribution in [1.29, 1.82) is 0 Å². The van der Waals surface area contributed by atoms with E-state index in [1.165, 1.54) is 9.47 Å². The number of fused-ring (bicyclic) bond motifs is 1. The number of imidazole rings is 1. The van der Waals surface area contributed by atoms with Gasteiger partial charge in [-0.25, -0.2) is 14.6 Å². The van der Waals surface area contributed by atoms with E-state index in [1.54, 1.807) is 35.9 Å². The fraction of sp³-hybridized carbons (Fsp3) is 0.400. The van der Waals surface area contributed by atoms with Crippen molar-refractivity contribution in [1.82, 2.24) is 19.1 Å². The zero-order chi connectivity index (χ0) is 21.0. The topological polar surface area (TPSA) is 102 Å². The molecule has 2 aliphatic carbocycles. The first-order valence-electron chi connectivity index (χ1n) is 9.85. The lowest BCUT2D eigenvalue weighted by Gasteiger charge is -2.16. The number of halogens is 1. The molecule has 10 heteroatoms. The molecule has 30 heavy (non-hydrogen) atoms. The lowest BCUT2D eigenvalue weighted by molar-refractivity contribution is 0.146. The summed E-state index contributed by atoms with van der Waals surface area (Å²) in [5, 5.41) is 0.571. The third-order valence-corrected chi connectivity index (χ3v) is 5.70. The maximum atomic E-state index is 12.9. The maximum absolute atomic E-state index is 12.9. The highest BCUT2D eigenvalue weighted by Crippen LogP contribution is 2.36. The Kier molecular flexibility index (Phi) is 4.43. The molecule has 0 bridgehead atoms. The van der Waals surface area contributed by atoms with Crippen molar-refractivity contribution in [3.63, 3.8) is 0 Å². The molecular weight excluding hydrogens is 410 g/mol. The van der Waals surface area contributed by atoms with E-state index in [-0.39, 0.29) is 35.5 Å². The molecule has 0 spiro atoms. The summed E-state index contributed by atoms with van der Waals surface area (Å²) >= 11 is 5.87. The van der Waals surface area contributed by atoms with Crippen LogP contribution in [0.1, 0.15) is 43.6 Å². The maximum Gasteiger partial charge on any atom is 0.414 e. The van der Waals surface area contributed by atoms with Crippen molar-refractivity contribution in [2.24, 2.45) is 0 Å². The lowest BCUT2D eigenvalue weighted by Crippen LogP contribution is -2.39. The van der Waals surface area contributed by atoms with E-state index in [4.69, 9.17) is 16.3 Å². The van der Waals surface area contributed by atoms with Crippen molar-refractivity contribution < 1.29 is 9.53 Å². The average Bonchev–Trinajstić information content (AvgIpc) is 3.65. The van der Waals surface area contributed by atoms with Crippen LogP contribution < -0.4 is 16.1 Å². The Bertz CT molecular complexity index is 1250. The molecule has 1 amide bonds. The summed E-state index contributed by atoms with van der Waals surface area (Å²) in [5.41, 5.74) is 0.587. The minimum Gasteiger partial charge on any atom is -0.441 e. The summed E-state index contributed by atoms with van der Waals surface area (Å²) in [6, 6.07) is 6.82. The van der Waals surface area contributed by atoms with Gasteiger partial charge in [0.15, 0.2) is 12.3 Å². The summed E-state index contributed by atoms with van der Waals surface area (Å²) < 4.78 is 8.29. The minimum atomic E-state index is -0.576. The Balaban J connectivity index is 1.41. The number of anilines is 1. The molecule has 0 atom stereocenters. The molecule has 2 saturated carbocycles. The fourth-order valence-electron chi connectivity index (χ4n) is 3.53. The second kappa shape index (κ2) is 7.02. The van der Waals surface area contributed by atoms with Crippen LogP contribution in [0.4, 0.5) is 10.5 Å². The van der Waals surface area contributed by atoms with Gasteiger partial charge in [-0.3, -0.25) is 18.8 Å². The average molecular weight is 430 g/mol. The number of benzene rings is 1. The number of carbonyl (C=O) groups excluding carboxylic acids is 1. The monoisotopic (exact) mass is 429 g/mol. The van der Waals surface area contributed by atoms with E-state index in [1.807, 2.05) is 0 Å². The van der Waals surface area contributed by atoms with Crippen molar-refractivity contribution in [3.05, 3.63) is 56.0 Å². The van der Waals surface area contributed by atoms with Crippen LogP contribution in [0.2, 0.25) is 5.02 Å². The van der Waals surface area contributed by atoms with E-state index < -0.39 is 6.09 Å². The largest absolute Gasteiger partial charge is 0.441 e. The van der Waals surface area contributed by atoms with Gasteiger partial charge in [0, 0.05) is 29.8 Å². The smallest absolute Gasteiger partial charge is 0.414 e. The molecule has 2 heterocycles. The van der Waals surface area contributed by atoms with Gasteiger partial charge in [-0.2, -0.15) is 0 Å². The Labute approximate surface area is 175 Å². The van der Waals surface area contributed by atoms with Crippen LogP contribution in [0.5, 0.6) is 0 Å². The summed E-state index contributed by atoms with van der Waals surface area (Å²) in [6.07, 6.45) is 2.87. The van der Waals surface area contributed by atoms with Gasteiger partial charge in [-0.1, -0.05) is 11.6 Å². The van der Waals surface area contributed by atoms with Crippen molar-refractivity contribution in [2.45, 2.75) is 44.4 Å². The summed E-state index contributed by atoms with van der Waals surface area (Å²) in [6.45, 7) is -0.146. The van der Waals surface area contributed by atoms with Gasteiger partial charge < -0.3 is 9.72 Å². The van der Waals surface area contributed by atoms with E-state index in [9.17, 15) is 14.4 Å². The molecule has 0 radical (unpaired) electrons. The molecule has 2 aliphatic rings. The van der Waals surface area contributed by atoms with Crippen molar-refractivity contribution >= 4 is 34.5 Å². The van der Waals surface area contributed by atoms with Crippen molar-refractivity contribution in [2.75, 3.05) is 11.9 Å². The molecular formula is C20H20ClN5O4. The molecule has 0 saturated heterocycles. The zero-order valence-corrected chi connectivity index (χ0v) is 17.1. The quantitative estimate of drug-likeness (QED) is 0.671. The molecule has 1 N–H and O–H groups in total. The number of rotatable bonds is 5. The van der Waals surface area contributed by atoms with E-state index in [0.717, 1.165) is 25.7 Å². The van der Waals surface area contributed by atoms with Gasteiger partial charge >= 0.3 is 11.8 Å². The number of hydrogen-bond donors (Lipinski definition) is 1. The first-order valence-corrected chi connectivity index (χ1v) is 10.2. The summed E-state index contributed by atoms with van der Waals surface area (Å²) in [7, 11) is 1.59. The predicted molar refractivity (Wildman–Crippen MR) is 111 cm³/mol. The van der Waals surface area contributed by atoms with E-state index in [0.29, 0.717) is 22.2 Å². The van der Waals surface area contributed by atoms with Gasteiger partial charge in [-0.05, 0) is 49.9 Å². The van der Waals surface area contributed by atoms with E-state index in [2.05, 4.69) is 9.97 Å². The molecule has 156 valence electrons. The molecule has 2 aromatic heterocycles. The Hall–Kier alpha value is -3.07. The first kappa shape index (κ1) is 18.9. The van der Waals surface area contributed by atoms with Gasteiger partial charge in [0.05, 0.1) is 0 Å².